The summed E-state index contributed by atoms with van der Waals surface area (Å²) in [5.41, 5.74) is 2.76. The Hall–Kier alpha value is -1.88. The third-order valence-electron chi connectivity index (χ3n) is 4.47. The maximum atomic E-state index is 12.0. The molecule has 24 heavy (non-hydrogen) atoms. The van der Waals surface area contributed by atoms with Crippen LogP contribution in [-0.2, 0) is 9.59 Å². The first kappa shape index (κ1) is 18.5. The quantitative estimate of drug-likeness (QED) is 0.815. The number of nitrogens with one attached hydrogen (secondary N) is 2. The Morgan fingerprint density at radius 3 is 2.50 bits per heavy atom. The van der Waals surface area contributed by atoms with E-state index in [4.69, 9.17) is 0 Å². The van der Waals surface area contributed by atoms with Crippen LogP contribution in [0.5, 0.6) is 0 Å². The van der Waals surface area contributed by atoms with Crippen LogP contribution in [0.2, 0.25) is 0 Å². The lowest BCUT2D eigenvalue weighted by atomic mass is 10.1. The molecule has 1 aromatic rings. The lowest BCUT2D eigenvalue weighted by Gasteiger charge is -2.29. The largest absolute Gasteiger partial charge is 0.348 e. The molecule has 0 aliphatic carbocycles. The summed E-state index contributed by atoms with van der Waals surface area (Å²) in [6.07, 6.45) is 3.84. The number of rotatable bonds is 5. The fraction of sp³-hybridized carbons (Fsp3) is 0.579. The van der Waals surface area contributed by atoms with Gasteiger partial charge in [0.1, 0.15) is 0 Å². The molecule has 2 rings (SSSR count). The van der Waals surface area contributed by atoms with Crippen molar-refractivity contribution in [3.8, 4) is 0 Å². The fourth-order valence-corrected chi connectivity index (χ4v) is 3.13. The molecule has 1 fully saturated rings. The minimum absolute atomic E-state index is 0.334. The average molecular weight is 331 g/mol. The average Bonchev–Trinajstić information content (AvgIpc) is 2.56. The van der Waals surface area contributed by atoms with E-state index in [1.54, 1.807) is 0 Å². The SMILES string of the molecule is Cc1ccc(NC(=O)C(=O)NCC(C)CN2CCCCC2)c(C)c1. The molecule has 0 saturated carbocycles. The zero-order valence-electron chi connectivity index (χ0n) is 15.0. The number of aryl methyl sites for hydroxylation is 2. The number of hydrogen-bond donors (Lipinski definition) is 2. The number of nitrogens with zero attached hydrogens (tertiary/aromatic N) is 1. The molecule has 0 bridgehead atoms. The van der Waals surface area contributed by atoms with Crippen molar-refractivity contribution in [2.24, 2.45) is 5.92 Å². The molecular formula is C19H29N3O2. The Morgan fingerprint density at radius 1 is 1.12 bits per heavy atom. The molecule has 132 valence electrons. The molecule has 0 radical (unpaired) electrons. The Balaban J connectivity index is 1.75. The highest BCUT2D eigenvalue weighted by atomic mass is 16.2. The van der Waals surface area contributed by atoms with Gasteiger partial charge in [-0.15, -0.1) is 0 Å². The van der Waals surface area contributed by atoms with Gasteiger partial charge < -0.3 is 15.5 Å². The van der Waals surface area contributed by atoms with Gasteiger partial charge in [0.25, 0.3) is 0 Å². The zero-order chi connectivity index (χ0) is 17.5. The first-order valence-corrected chi connectivity index (χ1v) is 8.84. The van der Waals surface area contributed by atoms with Crippen molar-refractivity contribution in [3.05, 3.63) is 29.3 Å². The molecule has 5 nitrogen and oxygen atoms in total. The lowest BCUT2D eigenvalue weighted by molar-refractivity contribution is -0.136. The maximum absolute atomic E-state index is 12.0. The minimum Gasteiger partial charge on any atom is -0.348 e. The highest BCUT2D eigenvalue weighted by Gasteiger charge is 2.17. The third kappa shape index (κ3) is 5.64. The summed E-state index contributed by atoms with van der Waals surface area (Å²) in [7, 11) is 0. The van der Waals surface area contributed by atoms with Gasteiger partial charge in [-0.1, -0.05) is 31.0 Å². The van der Waals surface area contributed by atoms with E-state index < -0.39 is 11.8 Å². The van der Waals surface area contributed by atoms with E-state index >= 15 is 0 Å². The minimum atomic E-state index is -0.605. The van der Waals surface area contributed by atoms with Crippen LogP contribution in [-0.4, -0.2) is 42.9 Å². The van der Waals surface area contributed by atoms with Crippen molar-refractivity contribution in [1.82, 2.24) is 10.2 Å². The second kappa shape index (κ2) is 8.83. The van der Waals surface area contributed by atoms with Crippen LogP contribution in [0.25, 0.3) is 0 Å². The van der Waals surface area contributed by atoms with E-state index in [0.717, 1.165) is 30.8 Å². The maximum Gasteiger partial charge on any atom is 0.313 e. The molecule has 1 aliphatic heterocycles. The molecule has 1 heterocycles. The van der Waals surface area contributed by atoms with Crippen LogP contribution in [0.3, 0.4) is 0 Å². The Kier molecular flexibility index (Phi) is 6.79. The highest BCUT2D eigenvalue weighted by molar-refractivity contribution is 6.39. The van der Waals surface area contributed by atoms with E-state index in [1.165, 1.54) is 19.3 Å². The summed E-state index contributed by atoms with van der Waals surface area (Å²) in [6, 6.07) is 5.73. The van der Waals surface area contributed by atoms with Gasteiger partial charge >= 0.3 is 11.8 Å². The van der Waals surface area contributed by atoms with Crippen molar-refractivity contribution in [2.75, 3.05) is 31.5 Å². The molecule has 1 saturated heterocycles. The normalized spacial score (nSPS) is 16.5. The molecule has 1 aromatic carbocycles. The van der Waals surface area contributed by atoms with Gasteiger partial charge in [-0.3, -0.25) is 9.59 Å². The number of likely N-dealkylation sites (tertiary alicyclic amines) is 1. The summed E-state index contributed by atoms with van der Waals surface area (Å²) in [5.74, 6) is -0.839. The summed E-state index contributed by atoms with van der Waals surface area (Å²) >= 11 is 0. The summed E-state index contributed by atoms with van der Waals surface area (Å²) in [6.45, 7) is 9.80. The van der Waals surface area contributed by atoms with Gasteiger partial charge in [0, 0.05) is 18.8 Å². The number of hydrogen-bond acceptors (Lipinski definition) is 3. The smallest absolute Gasteiger partial charge is 0.313 e. The predicted molar refractivity (Wildman–Crippen MR) is 97.0 cm³/mol. The van der Waals surface area contributed by atoms with Gasteiger partial charge in [-0.05, 0) is 57.3 Å². The molecule has 5 heteroatoms. The fourth-order valence-electron chi connectivity index (χ4n) is 3.13. The molecule has 1 atom stereocenters. The Morgan fingerprint density at radius 2 is 1.83 bits per heavy atom. The van der Waals surface area contributed by atoms with Crippen LogP contribution in [0, 0.1) is 19.8 Å². The van der Waals surface area contributed by atoms with E-state index in [9.17, 15) is 9.59 Å². The zero-order valence-corrected chi connectivity index (χ0v) is 15.0. The first-order chi connectivity index (χ1) is 11.5. The second-order valence-corrected chi connectivity index (χ2v) is 6.95. The molecular weight excluding hydrogens is 302 g/mol. The van der Waals surface area contributed by atoms with Crippen LogP contribution in [0.1, 0.15) is 37.3 Å². The molecule has 0 spiro atoms. The molecule has 2 amide bonds. The van der Waals surface area contributed by atoms with Gasteiger partial charge in [0.15, 0.2) is 0 Å². The summed E-state index contributed by atoms with van der Waals surface area (Å²) in [5, 5.41) is 5.43. The number of benzene rings is 1. The van der Waals surface area contributed by atoms with E-state index in [2.05, 4.69) is 22.5 Å². The summed E-state index contributed by atoms with van der Waals surface area (Å²) < 4.78 is 0. The first-order valence-electron chi connectivity index (χ1n) is 8.84. The number of piperidine rings is 1. The number of amides is 2. The molecule has 0 aromatic heterocycles. The van der Waals surface area contributed by atoms with Crippen molar-refractivity contribution in [2.45, 2.75) is 40.0 Å². The summed E-state index contributed by atoms with van der Waals surface area (Å²) in [4.78, 5) is 26.4. The van der Waals surface area contributed by atoms with Crippen LogP contribution in [0.4, 0.5) is 5.69 Å². The van der Waals surface area contributed by atoms with E-state index in [-0.39, 0.29) is 0 Å². The van der Waals surface area contributed by atoms with Crippen molar-refractivity contribution >= 4 is 17.5 Å². The van der Waals surface area contributed by atoms with Crippen LogP contribution >= 0.6 is 0 Å². The number of carbonyl (C=O) groups is 2. The van der Waals surface area contributed by atoms with Crippen molar-refractivity contribution in [3.63, 3.8) is 0 Å². The standard InChI is InChI=1S/C19H29N3O2/c1-14-7-8-17(16(3)11-14)21-19(24)18(23)20-12-15(2)13-22-9-5-4-6-10-22/h7-8,11,15H,4-6,9-10,12-13H2,1-3H3,(H,20,23)(H,21,24). The van der Waals surface area contributed by atoms with Gasteiger partial charge in [-0.2, -0.15) is 0 Å². The number of anilines is 1. The van der Waals surface area contributed by atoms with Gasteiger partial charge in [-0.25, -0.2) is 0 Å². The third-order valence-corrected chi connectivity index (χ3v) is 4.47. The monoisotopic (exact) mass is 331 g/mol. The van der Waals surface area contributed by atoms with Gasteiger partial charge in [0.05, 0.1) is 0 Å². The number of carbonyl (C=O) groups excluding carboxylic acids is 2. The van der Waals surface area contributed by atoms with E-state index in [0.29, 0.717) is 18.2 Å². The molecule has 1 aliphatic rings. The molecule has 2 N–H and O–H groups in total. The van der Waals surface area contributed by atoms with Crippen molar-refractivity contribution < 1.29 is 9.59 Å². The van der Waals surface area contributed by atoms with E-state index in [1.807, 2.05) is 32.0 Å². The van der Waals surface area contributed by atoms with Crippen LogP contribution in [0.15, 0.2) is 18.2 Å². The van der Waals surface area contributed by atoms with Gasteiger partial charge in [0.2, 0.25) is 0 Å². The van der Waals surface area contributed by atoms with Crippen LogP contribution < -0.4 is 10.6 Å². The van der Waals surface area contributed by atoms with Crippen molar-refractivity contribution in [1.29, 1.82) is 0 Å². The molecule has 1 unspecified atom stereocenters. The predicted octanol–water partition coefficient (Wildman–Crippen LogP) is 2.48. The highest BCUT2D eigenvalue weighted by Crippen LogP contribution is 2.15. The second-order valence-electron chi connectivity index (χ2n) is 6.95. The lowest BCUT2D eigenvalue weighted by Crippen LogP contribution is -2.41. The topological polar surface area (TPSA) is 61.4 Å². The Labute approximate surface area is 144 Å². The Bertz CT molecular complexity index is 580.